The van der Waals surface area contributed by atoms with Crippen LogP contribution >= 0.6 is 0 Å². The molecule has 8 rings (SSSR count). The van der Waals surface area contributed by atoms with Gasteiger partial charge in [0.05, 0.1) is 23.3 Å². The van der Waals surface area contributed by atoms with E-state index in [4.69, 9.17) is 10.1 Å². The Morgan fingerprint density at radius 3 is 2.35 bits per heavy atom. The number of benzene rings is 3. The number of piperidine rings is 1. The average molecular weight is 829 g/mol. The highest BCUT2D eigenvalue weighted by Crippen LogP contribution is 2.52. The van der Waals surface area contributed by atoms with Crippen molar-refractivity contribution >= 4 is 22.9 Å². The summed E-state index contributed by atoms with van der Waals surface area (Å²) in [5.74, 6) is 1.12. The molecule has 2 aromatic heterocycles. The van der Waals surface area contributed by atoms with E-state index < -0.39 is 0 Å². The van der Waals surface area contributed by atoms with Gasteiger partial charge >= 0.3 is 0 Å². The van der Waals surface area contributed by atoms with Gasteiger partial charge in [-0.2, -0.15) is 5.10 Å². The number of amidine groups is 1. The molecule has 1 spiro atoms. The van der Waals surface area contributed by atoms with Gasteiger partial charge in [0.15, 0.2) is 0 Å². The van der Waals surface area contributed by atoms with Crippen molar-refractivity contribution in [3.63, 3.8) is 0 Å². The van der Waals surface area contributed by atoms with Crippen molar-refractivity contribution in [3.8, 4) is 11.1 Å². The number of aromatic amines is 1. The Balaban J connectivity index is 0.000000242. The number of rotatable bonds is 15. The molecule has 5 aromatic rings. The topological polar surface area (TPSA) is 103 Å². The zero-order valence-corrected chi connectivity index (χ0v) is 37.2. The number of hydrogen-bond acceptors (Lipinski definition) is 6. The Kier molecular flexibility index (Phi) is 13.8. The van der Waals surface area contributed by atoms with Gasteiger partial charge in [-0.05, 0) is 95.7 Å². The number of hydrogen-bond donors (Lipinski definition) is 4. The summed E-state index contributed by atoms with van der Waals surface area (Å²) < 4.78 is 4.26. The summed E-state index contributed by atoms with van der Waals surface area (Å²) in [5, 5.41) is 17.8. The van der Waals surface area contributed by atoms with E-state index in [1.165, 1.54) is 42.3 Å². The number of aryl methyl sites for hydroxylation is 3. The van der Waals surface area contributed by atoms with Crippen LogP contribution in [-0.2, 0) is 19.6 Å². The summed E-state index contributed by atoms with van der Waals surface area (Å²) in [7, 11) is 1.97. The first-order valence-corrected chi connectivity index (χ1v) is 22.0. The molecule has 62 heavy (non-hydrogen) atoms. The number of fused-ring (bicyclic) bond motifs is 1. The van der Waals surface area contributed by atoms with Crippen LogP contribution in [0.1, 0.15) is 99.1 Å². The first-order valence-electron chi connectivity index (χ1n) is 22.0. The maximum atomic E-state index is 5.41. The third-order valence-electron chi connectivity index (χ3n) is 12.0. The molecule has 2 fully saturated rings. The van der Waals surface area contributed by atoms with Crippen LogP contribution in [0, 0.1) is 6.92 Å². The lowest BCUT2D eigenvalue weighted by Gasteiger charge is -2.29. The van der Waals surface area contributed by atoms with E-state index in [2.05, 4.69) is 160 Å². The number of H-pyrrole nitrogens is 1. The quantitative estimate of drug-likeness (QED) is 0.0478. The Morgan fingerprint density at radius 1 is 0.935 bits per heavy atom. The lowest BCUT2D eigenvalue weighted by atomic mass is 9.87. The van der Waals surface area contributed by atoms with E-state index in [-0.39, 0.29) is 5.54 Å². The van der Waals surface area contributed by atoms with Gasteiger partial charge < -0.3 is 25.9 Å². The van der Waals surface area contributed by atoms with E-state index in [0.29, 0.717) is 5.92 Å². The number of aliphatic imine (C=N–C) groups is 2. The maximum absolute atomic E-state index is 5.41. The molecule has 2 aliphatic heterocycles. The zero-order chi connectivity index (χ0) is 43.8. The molecule has 10 nitrogen and oxygen atoms in total. The summed E-state index contributed by atoms with van der Waals surface area (Å²) in [6.45, 7) is 29.6. The molecule has 0 bridgehead atoms. The van der Waals surface area contributed by atoms with E-state index >= 15 is 0 Å². The Morgan fingerprint density at radius 2 is 1.66 bits per heavy atom. The highest BCUT2D eigenvalue weighted by atomic mass is 15.3. The van der Waals surface area contributed by atoms with Gasteiger partial charge in [0.2, 0.25) is 0 Å². The molecule has 1 aliphatic carbocycles. The molecule has 4 heterocycles. The fourth-order valence-electron chi connectivity index (χ4n) is 8.48. The number of nitrogens with one attached hydrogen (secondary N) is 4. The molecular formula is C52H64N10. The molecule has 0 radical (unpaired) electrons. The number of aromatic nitrogens is 4. The van der Waals surface area contributed by atoms with Crippen molar-refractivity contribution in [2.75, 3.05) is 17.3 Å². The monoisotopic (exact) mass is 829 g/mol. The Labute approximate surface area is 368 Å². The van der Waals surface area contributed by atoms with Gasteiger partial charge in [0.25, 0.3) is 0 Å². The second-order valence-corrected chi connectivity index (χ2v) is 17.0. The van der Waals surface area contributed by atoms with Crippen LogP contribution < -0.4 is 20.9 Å². The lowest BCUT2D eigenvalue weighted by molar-refractivity contribution is 0.474. The smallest absolute Gasteiger partial charge is 0.103 e. The molecule has 322 valence electrons. The summed E-state index contributed by atoms with van der Waals surface area (Å²) >= 11 is 0. The Hall–Kier alpha value is -6.39. The molecule has 0 amide bonds. The van der Waals surface area contributed by atoms with Crippen LogP contribution in [-0.4, -0.2) is 43.7 Å². The predicted octanol–water partition coefficient (Wildman–Crippen LogP) is 11.4. The van der Waals surface area contributed by atoms with Crippen molar-refractivity contribution in [3.05, 3.63) is 175 Å². The highest BCUT2D eigenvalue weighted by Gasteiger charge is 2.50. The highest BCUT2D eigenvalue weighted by molar-refractivity contribution is 6.18. The summed E-state index contributed by atoms with van der Waals surface area (Å²) in [6, 6.07) is 23.7. The van der Waals surface area contributed by atoms with Crippen LogP contribution in [0.3, 0.4) is 0 Å². The van der Waals surface area contributed by atoms with Gasteiger partial charge in [-0.1, -0.05) is 99.8 Å². The van der Waals surface area contributed by atoms with Crippen LogP contribution in [0.5, 0.6) is 0 Å². The van der Waals surface area contributed by atoms with E-state index in [1.54, 1.807) is 0 Å². The normalized spacial score (nSPS) is 16.8. The number of nitrogens with zero attached hydrogens (tertiary/aromatic N) is 6. The van der Waals surface area contributed by atoms with Crippen molar-refractivity contribution < 1.29 is 0 Å². The number of para-hydroxylation sites is 1. The molecule has 1 saturated heterocycles. The minimum Gasteiger partial charge on any atom is -0.363 e. The van der Waals surface area contributed by atoms with Gasteiger partial charge in [-0.15, -0.1) is 0 Å². The van der Waals surface area contributed by atoms with Crippen molar-refractivity contribution in [2.45, 2.75) is 103 Å². The molecule has 3 aromatic carbocycles. The molecule has 3 aliphatic rings. The van der Waals surface area contributed by atoms with Gasteiger partial charge in [0.1, 0.15) is 11.4 Å². The fraction of sp³-hybridized carbons (Fsp3) is 0.327. The van der Waals surface area contributed by atoms with Gasteiger partial charge in [-0.3, -0.25) is 14.4 Å². The third kappa shape index (κ3) is 10.2. The Bertz CT molecular complexity index is 2470. The number of allylic oxidation sites excluding steroid dienone is 3. The van der Waals surface area contributed by atoms with Crippen LogP contribution in [0.25, 0.3) is 11.1 Å². The second kappa shape index (κ2) is 19.5. The second-order valence-electron chi connectivity index (χ2n) is 17.0. The summed E-state index contributed by atoms with van der Waals surface area (Å²) in [4.78, 5) is 11.8. The van der Waals surface area contributed by atoms with E-state index in [0.717, 1.165) is 120 Å². The van der Waals surface area contributed by atoms with Crippen molar-refractivity contribution in [1.29, 1.82) is 0 Å². The largest absolute Gasteiger partial charge is 0.363 e. The SMILES string of the molecule is C=C(C)N1C(=C)C2(CC2)N=C(c2ccc(C)cc2)c2cc(-c3cnn(CCCCCCn4cc(CNC)[nH]4)c3)ccc21.C=CN=C(C)Nc1ccccc1C1CCC(=C)NC1=C. The van der Waals surface area contributed by atoms with Crippen LogP contribution in [0.2, 0.25) is 0 Å². The first kappa shape index (κ1) is 43.7. The van der Waals surface area contributed by atoms with E-state index in [9.17, 15) is 0 Å². The minimum atomic E-state index is -0.249. The number of unbranched alkanes of at least 4 members (excludes halogenated alkanes) is 3. The van der Waals surface area contributed by atoms with Crippen molar-refractivity contribution in [1.82, 2.24) is 30.2 Å². The van der Waals surface area contributed by atoms with Crippen LogP contribution in [0.4, 0.5) is 11.4 Å². The fourth-order valence-corrected chi connectivity index (χ4v) is 8.48. The zero-order valence-electron chi connectivity index (χ0n) is 37.2. The summed E-state index contributed by atoms with van der Waals surface area (Å²) in [6.07, 6.45) is 16.7. The molecule has 10 heteroatoms. The predicted molar refractivity (Wildman–Crippen MR) is 260 cm³/mol. The standard InChI is InChI=1S/C35H43N7.C17H21N3/c1-25(2)42-27(4)35(16-17-35)38-34(28-12-10-26(3)11-13-28)32-20-29(14-15-33(32)42)30-21-37-40(23-30)18-8-6-7-9-19-41-24-31(39-41)22-36-5;1-5-18-14(4)20-17-9-7-6-8-16(17)15-11-10-12(2)19-13(15)3/h10-15,20-21,23-24,36,39H,1,4,6-9,16-19,22H2,2-3,5H3;5-9,15,19H,1-3,10-11H2,4H3,(H,18,20). The molecule has 4 N–H and O–H groups in total. The average Bonchev–Trinajstić information content (AvgIpc) is 3.90. The van der Waals surface area contributed by atoms with Crippen molar-refractivity contribution in [2.24, 2.45) is 9.98 Å². The summed E-state index contributed by atoms with van der Waals surface area (Å²) in [5.41, 5.74) is 15.2. The molecular weight excluding hydrogens is 765 g/mol. The van der Waals surface area contributed by atoms with Crippen LogP contribution in [0.15, 0.2) is 157 Å². The first-order chi connectivity index (χ1) is 30.0. The lowest BCUT2D eigenvalue weighted by Crippen LogP contribution is -2.27. The molecule has 1 unspecified atom stereocenters. The van der Waals surface area contributed by atoms with E-state index in [1.807, 2.05) is 26.2 Å². The van der Waals surface area contributed by atoms with Gasteiger partial charge in [0, 0.05) is 89.3 Å². The number of anilines is 2. The minimum absolute atomic E-state index is 0.249. The third-order valence-corrected chi connectivity index (χ3v) is 12.0. The maximum Gasteiger partial charge on any atom is 0.103 e. The molecule has 1 saturated carbocycles. The molecule has 1 atom stereocenters. The van der Waals surface area contributed by atoms with Gasteiger partial charge in [-0.25, -0.2) is 4.99 Å².